The number of ether oxygens (including phenoxy) is 1. The summed E-state index contributed by atoms with van der Waals surface area (Å²) in [4.78, 5) is 26.6. The SMILES string of the molecule is CC(C)(CCc1cc(CN2CCOCC2)cc2c(O)c(C(=O)NCc3ccc(Cl)cc3)nnc12)NC(N)=O. The van der Waals surface area contributed by atoms with E-state index in [1.807, 2.05) is 38.1 Å². The predicted molar refractivity (Wildman–Crippen MR) is 145 cm³/mol. The zero-order chi connectivity index (χ0) is 27.3. The number of carbonyl (C=O) groups excluding carboxylic acids is 2. The van der Waals surface area contributed by atoms with Gasteiger partial charge in [0.2, 0.25) is 0 Å². The topological polar surface area (TPSA) is 143 Å². The molecule has 1 aliphatic heterocycles. The lowest BCUT2D eigenvalue weighted by molar-refractivity contribution is 0.0342. The molecule has 0 unspecified atom stereocenters. The van der Waals surface area contributed by atoms with E-state index < -0.39 is 17.5 Å². The number of primary amides is 1. The number of urea groups is 1. The van der Waals surface area contributed by atoms with Gasteiger partial charge >= 0.3 is 6.03 Å². The molecule has 1 aromatic heterocycles. The first-order valence-corrected chi connectivity index (χ1v) is 12.9. The number of fused-ring (bicyclic) bond motifs is 1. The van der Waals surface area contributed by atoms with E-state index in [4.69, 9.17) is 22.1 Å². The Bertz CT molecular complexity index is 1310. The summed E-state index contributed by atoms with van der Waals surface area (Å²) >= 11 is 5.93. The minimum Gasteiger partial charge on any atom is -0.505 e. The van der Waals surface area contributed by atoms with Gasteiger partial charge in [0.05, 0.1) is 18.7 Å². The van der Waals surface area contributed by atoms with Crippen LogP contribution in [0.5, 0.6) is 5.75 Å². The van der Waals surface area contributed by atoms with Crippen LogP contribution < -0.4 is 16.4 Å². The Morgan fingerprint density at radius 3 is 2.53 bits per heavy atom. The van der Waals surface area contributed by atoms with Gasteiger partial charge in [-0.15, -0.1) is 10.2 Å². The molecule has 1 fully saturated rings. The lowest BCUT2D eigenvalue weighted by Gasteiger charge is -2.27. The van der Waals surface area contributed by atoms with Crippen LogP contribution in [0.3, 0.4) is 0 Å². The van der Waals surface area contributed by atoms with Crippen molar-refractivity contribution in [3.8, 4) is 5.75 Å². The first-order chi connectivity index (χ1) is 18.1. The number of hydrogen-bond acceptors (Lipinski definition) is 7. The van der Waals surface area contributed by atoms with Crippen LogP contribution in [0.1, 0.15) is 47.4 Å². The van der Waals surface area contributed by atoms with Gasteiger partial charge in [-0.05, 0) is 61.6 Å². The highest BCUT2D eigenvalue weighted by Crippen LogP contribution is 2.31. The fourth-order valence-corrected chi connectivity index (χ4v) is 4.62. The summed E-state index contributed by atoms with van der Waals surface area (Å²) in [5.74, 6) is -0.748. The predicted octanol–water partition coefficient (Wildman–Crippen LogP) is 3.13. The Hall–Kier alpha value is -3.47. The van der Waals surface area contributed by atoms with Crippen LogP contribution in [0.15, 0.2) is 36.4 Å². The lowest BCUT2D eigenvalue weighted by Crippen LogP contribution is -2.46. The Balaban J connectivity index is 1.63. The van der Waals surface area contributed by atoms with Crippen molar-refractivity contribution < 1.29 is 19.4 Å². The summed E-state index contributed by atoms with van der Waals surface area (Å²) in [5.41, 5.74) is 7.86. The molecule has 3 aromatic rings. The summed E-state index contributed by atoms with van der Waals surface area (Å²) in [5, 5.41) is 26.2. The second-order valence-electron chi connectivity index (χ2n) is 10.1. The van der Waals surface area contributed by atoms with E-state index >= 15 is 0 Å². The van der Waals surface area contributed by atoms with Crippen molar-refractivity contribution in [3.05, 3.63) is 63.8 Å². The Morgan fingerprint density at radius 1 is 1.13 bits per heavy atom. The molecule has 0 spiro atoms. The third-order valence-corrected chi connectivity index (χ3v) is 6.80. The molecule has 5 N–H and O–H groups in total. The van der Waals surface area contributed by atoms with Gasteiger partial charge in [0.25, 0.3) is 5.91 Å². The first-order valence-electron chi connectivity index (χ1n) is 12.5. The zero-order valence-electron chi connectivity index (χ0n) is 21.6. The summed E-state index contributed by atoms with van der Waals surface area (Å²) < 4.78 is 5.47. The van der Waals surface area contributed by atoms with Crippen LogP contribution in [0.2, 0.25) is 5.02 Å². The molecule has 0 bridgehead atoms. The van der Waals surface area contributed by atoms with Gasteiger partial charge in [0.15, 0.2) is 11.4 Å². The smallest absolute Gasteiger partial charge is 0.312 e. The largest absolute Gasteiger partial charge is 0.505 e. The van der Waals surface area contributed by atoms with E-state index in [0.717, 1.165) is 29.8 Å². The highest BCUT2D eigenvalue weighted by Gasteiger charge is 2.23. The minimum absolute atomic E-state index is 0.142. The molecule has 202 valence electrons. The summed E-state index contributed by atoms with van der Waals surface area (Å²) in [7, 11) is 0. The van der Waals surface area contributed by atoms with Crippen molar-refractivity contribution in [1.29, 1.82) is 0 Å². The number of benzene rings is 2. The average molecular weight is 541 g/mol. The number of aromatic hydroxyl groups is 1. The number of rotatable bonds is 9. The van der Waals surface area contributed by atoms with Gasteiger partial charge < -0.3 is 26.2 Å². The number of amides is 3. The van der Waals surface area contributed by atoms with Crippen molar-refractivity contribution in [3.63, 3.8) is 0 Å². The molecule has 4 rings (SSSR count). The van der Waals surface area contributed by atoms with E-state index in [9.17, 15) is 14.7 Å². The van der Waals surface area contributed by atoms with E-state index in [-0.39, 0.29) is 18.0 Å². The molecule has 0 saturated carbocycles. The monoisotopic (exact) mass is 540 g/mol. The Kier molecular flexibility index (Phi) is 8.65. The molecular weight excluding hydrogens is 508 g/mol. The van der Waals surface area contributed by atoms with Gasteiger partial charge in [-0.3, -0.25) is 9.69 Å². The molecule has 1 saturated heterocycles. The second kappa shape index (κ2) is 11.9. The number of morpholine rings is 1. The fraction of sp³-hybridized carbons (Fsp3) is 0.407. The highest BCUT2D eigenvalue weighted by atomic mass is 35.5. The van der Waals surface area contributed by atoms with Crippen LogP contribution in [0.4, 0.5) is 4.79 Å². The summed E-state index contributed by atoms with van der Waals surface area (Å²) in [6.07, 6.45) is 1.13. The number of nitrogens with one attached hydrogen (secondary N) is 2. The molecule has 38 heavy (non-hydrogen) atoms. The fourth-order valence-electron chi connectivity index (χ4n) is 4.50. The van der Waals surface area contributed by atoms with Crippen LogP contribution in [0, 0.1) is 0 Å². The lowest BCUT2D eigenvalue weighted by atomic mass is 9.93. The van der Waals surface area contributed by atoms with E-state index in [0.29, 0.717) is 48.5 Å². The van der Waals surface area contributed by atoms with E-state index in [1.165, 1.54) is 0 Å². The van der Waals surface area contributed by atoms with Gasteiger partial charge in [-0.2, -0.15) is 0 Å². The van der Waals surface area contributed by atoms with E-state index in [1.54, 1.807) is 12.1 Å². The third kappa shape index (κ3) is 7.09. The van der Waals surface area contributed by atoms with Crippen LogP contribution in [0.25, 0.3) is 10.9 Å². The van der Waals surface area contributed by atoms with Crippen molar-refractivity contribution in [2.45, 2.75) is 45.3 Å². The van der Waals surface area contributed by atoms with Gasteiger partial charge in [0.1, 0.15) is 0 Å². The molecule has 1 aliphatic rings. The number of aromatic nitrogens is 2. The molecule has 10 nitrogen and oxygen atoms in total. The number of hydrogen-bond donors (Lipinski definition) is 4. The Morgan fingerprint density at radius 2 is 1.84 bits per heavy atom. The molecule has 3 amide bonds. The number of halogens is 1. The molecule has 2 aromatic carbocycles. The molecule has 0 aliphatic carbocycles. The van der Waals surface area contributed by atoms with Crippen molar-refractivity contribution >= 4 is 34.4 Å². The first kappa shape index (κ1) is 27.6. The maximum Gasteiger partial charge on any atom is 0.312 e. The van der Waals surface area contributed by atoms with Crippen molar-refractivity contribution in [2.75, 3.05) is 26.3 Å². The molecular formula is C27H33ClN6O4. The zero-order valence-corrected chi connectivity index (χ0v) is 22.3. The third-order valence-electron chi connectivity index (χ3n) is 6.55. The molecule has 0 atom stereocenters. The molecule has 11 heteroatoms. The quantitative estimate of drug-likeness (QED) is 0.326. The maximum absolute atomic E-state index is 12.9. The van der Waals surface area contributed by atoms with Crippen molar-refractivity contribution in [2.24, 2.45) is 5.73 Å². The summed E-state index contributed by atoms with van der Waals surface area (Å²) in [6.45, 7) is 7.65. The number of nitrogens with zero attached hydrogens (tertiary/aromatic N) is 3. The Labute approximate surface area is 226 Å². The standard InChI is InChI=1S/C27H33ClN6O4/c1-27(2,31-26(29)37)8-7-19-13-18(16-34-9-11-38-12-10-34)14-21-22(19)32-33-23(24(21)35)25(36)30-15-17-3-5-20(28)6-4-17/h3-6,13-14H,7-12,15-16H2,1-2H3,(H,30,36)(H,32,35)(H3,29,31,37). The average Bonchev–Trinajstić information content (AvgIpc) is 2.87. The van der Waals surface area contributed by atoms with Crippen molar-refractivity contribution in [1.82, 2.24) is 25.7 Å². The molecule has 2 heterocycles. The summed E-state index contributed by atoms with van der Waals surface area (Å²) in [6, 6.07) is 10.4. The highest BCUT2D eigenvalue weighted by molar-refractivity contribution is 6.30. The number of nitrogens with two attached hydrogens (primary N) is 1. The second-order valence-corrected chi connectivity index (χ2v) is 10.6. The molecule has 0 radical (unpaired) electrons. The van der Waals surface area contributed by atoms with Gasteiger partial charge in [-0.1, -0.05) is 29.8 Å². The number of carbonyl (C=O) groups is 2. The van der Waals surface area contributed by atoms with Crippen LogP contribution in [-0.2, 0) is 24.2 Å². The van der Waals surface area contributed by atoms with Gasteiger partial charge in [-0.25, -0.2) is 4.79 Å². The van der Waals surface area contributed by atoms with Crippen LogP contribution >= 0.6 is 11.6 Å². The maximum atomic E-state index is 12.9. The number of aryl methyl sites for hydroxylation is 1. The normalized spacial score (nSPS) is 14.4. The van der Waals surface area contributed by atoms with E-state index in [2.05, 4.69) is 25.7 Å². The van der Waals surface area contributed by atoms with Gasteiger partial charge in [0, 0.05) is 42.1 Å². The van der Waals surface area contributed by atoms with Crippen LogP contribution in [-0.4, -0.2) is 64.0 Å². The minimum atomic E-state index is -0.590.